The average Bonchev–Trinajstić information content (AvgIpc) is 3.39. The number of carbonyl (C=O) groups is 1. The highest BCUT2D eigenvalue weighted by molar-refractivity contribution is 6.33. The lowest BCUT2D eigenvalue weighted by molar-refractivity contribution is -0.288. The number of methoxy groups -OCH3 is 3. The fourth-order valence-corrected chi connectivity index (χ4v) is 4.45. The number of halogens is 4. The molecule has 0 bridgehead atoms. The van der Waals surface area contributed by atoms with Crippen LogP contribution in [0.2, 0.25) is 5.02 Å². The second-order valence-corrected chi connectivity index (χ2v) is 9.00. The molecule has 14 heteroatoms. The Balaban J connectivity index is 1.43. The lowest BCUT2D eigenvalue weighted by Gasteiger charge is -2.43. The van der Waals surface area contributed by atoms with Crippen molar-refractivity contribution in [3.05, 3.63) is 59.4 Å². The van der Waals surface area contributed by atoms with E-state index in [2.05, 4.69) is 15.4 Å². The molecule has 0 aliphatic carbocycles. The number of ether oxygens (including phenoxy) is 5. The molecule has 4 rings (SSSR count). The SMILES string of the molecule is COC1C(C)OC(OC(=O)Nc2ccc(-n3cnc(-c4ccc(C(F)(F)F)cc4)n3)cc2Cl)C(OC)C1OC. The van der Waals surface area contributed by atoms with Crippen LogP contribution in [0, 0.1) is 0 Å². The van der Waals surface area contributed by atoms with Gasteiger partial charge in [-0.1, -0.05) is 23.7 Å². The monoisotopic (exact) mass is 570 g/mol. The number of carbonyl (C=O) groups excluding carboxylic acids is 1. The van der Waals surface area contributed by atoms with Gasteiger partial charge in [0, 0.05) is 26.9 Å². The molecule has 210 valence electrons. The van der Waals surface area contributed by atoms with E-state index in [1.54, 1.807) is 13.0 Å². The number of hydrogen-bond acceptors (Lipinski definition) is 8. The van der Waals surface area contributed by atoms with Gasteiger partial charge in [0.25, 0.3) is 0 Å². The Bertz CT molecular complexity index is 1290. The Labute approximate surface area is 226 Å². The summed E-state index contributed by atoms with van der Waals surface area (Å²) in [5, 5.41) is 7.04. The predicted octanol–water partition coefficient (Wildman–Crippen LogP) is 4.94. The Kier molecular flexibility index (Phi) is 8.76. The number of hydrogen-bond donors (Lipinski definition) is 1. The van der Waals surface area contributed by atoms with E-state index in [1.165, 1.54) is 56.6 Å². The molecule has 0 radical (unpaired) electrons. The first kappa shape index (κ1) is 28.8. The number of alkyl halides is 3. The quantitative estimate of drug-likeness (QED) is 0.426. The number of benzene rings is 2. The van der Waals surface area contributed by atoms with E-state index in [1.807, 2.05) is 0 Å². The summed E-state index contributed by atoms with van der Waals surface area (Å²) < 4.78 is 67.5. The minimum atomic E-state index is -4.43. The molecule has 5 unspecified atom stereocenters. The summed E-state index contributed by atoms with van der Waals surface area (Å²) in [5.74, 6) is 0.227. The molecule has 39 heavy (non-hydrogen) atoms. The van der Waals surface area contributed by atoms with Gasteiger partial charge < -0.3 is 23.7 Å². The molecule has 1 aromatic heterocycles. The zero-order valence-electron chi connectivity index (χ0n) is 21.3. The van der Waals surface area contributed by atoms with Crippen molar-refractivity contribution in [1.82, 2.24) is 14.8 Å². The minimum Gasteiger partial charge on any atom is -0.416 e. The summed E-state index contributed by atoms with van der Waals surface area (Å²) >= 11 is 6.38. The summed E-state index contributed by atoms with van der Waals surface area (Å²) in [6.45, 7) is 1.77. The van der Waals surface area contributed by atoms with Gasteiger partial charge in [-0.15, -0.1) is 5.10 Å². The fourth-order valence-electron chi connectivity index (χ4n) is 4.23. The number of aromatic nitrogens is 3. The van der Waals surface area contributed by atoms with E-state index in [4.69, 9.17) is 35.3 Å². The third-order valence-electron chi connectivity index (χ3n) is 6.18. The Hall–Kier alpha value is -3.23. The molecule has 10 nitrogen and oxygen atoms in total. The molecule has 1 amide bonds. The van der Waals surface area contributed by atoms with Gasteiger partial charge >= 0.3 is 12.3 Å². The minimum absolute atomic E-state index is 0.173. The van der Waals surface area contributed by atoms with Crippen LogP contribution in [0.4, 0.5) is 23.7 Å². The van der Waals surface area contributed by atoms with E-state index in [-0.39, 0.29) is 16.5 Å². The Morgan fingerprint density at radius 3 is 2.28 bits per heavy atom. The van der Waals surface area contributed by atoms with Crippen LogP contribution in [0.15, 0.2) is 48.8 Å². The standard InChI is InChI=1S/C25H26ClF3N4O6/c1-13-19(35-2)20(36-3)21(37-4)23(38-13)39-24(34)31-18-10-9-16(11-17(18)26)33-12-30-22(32-33)14-5-7-15(8-6-14)25(27,28)29/h5-13,19-21,23H,1-4H3,(H,31,34). The van der Waals surface area contributed by atoms with Gasteiger partial charge in [0.1, 0.15) is 24.6 Å². The van der Waals surface area contributed by atoms with Gasteiger partial charge in [0.2, 0.25) is 6.29 Å². The maximum atomic E-state index is 12.8. The van der Waals surface area contributed by atoms with Crippen LogP contribution >= 0.6 is 11.6 Å². The summed E-state index contributed by atoms with van der Waals surface area (Å²) in [6, 6.07) is 9.21. The molecule has 2 heterocycles. The van der Waals surface area contributed by atoms with Crippen LogP contribution in [0.25, 0.3) is 17.1 Å². The Morgan fingerprint density at radius 1 is 1.03 bits per heavy atom. The lowest BCUT2D eigenvalue weighted by atomic mass is 9.99. The third kappa shape index (κ3) is 6.34. The molecule has 5 atom stereocenters. The third-order valence-corrected chi connectivity index (χ3v) is 6.50. The van der Waals surface area contributed by atoms with Crippen LogP contribution in [-0.2, 0) is 29.9 Å². The normalized spacial score (nSPS) is 23.4. The zero-order valence-corrected chi connectivity index (χ0v) is 22.1. The van der Waals surface area contributed by atoms with Crippen LogP contribution in [0.3, 0.4) is 0 Å². The topological polar surface area (TPSA) is 106 Å². The smallest absolute Gasteiger partial charge is 0.416 e. The van der Waals surface area contributed by atoms with Crippen LogP contribution in [0.5, 0.6) is 0 Å². The molecule has 1 N–H and O–H groups in total. The van der Waals surface area contributed by atoms with Crippen molar-refractivity contribution < 1.29 is 41.7 Å². The molecule has 0 saturated carbocycles. The van der Waals surface area contributed by atoms with Gasteiger partial charge in [-0.25, -0.2) is 14.5 Å². The van der Waals surface area contributed by atoms with Crippen molar-refractivity contribution in [2.24, 2.45) is 0 Å². The second kappa shape index (κ2) is 11.9. The van der Waals surface area contributed by atoms with E-state index in [9.17, 15) is 18.0 Å². The first-order chi connectivity index (χ1) is 18.5. The predicted molar refractivity (Wildman–Crippen MR) is 134 cm³/mol. The second-order valence-electron chi connectivity index (χ2n) is 8.59. The maximum Gasteiger partial charge on any atom is 0.416 e. The van der Waals surface area contributed by atoms with Crippen LogP contribution < -0.4 is 5.32 Å². The number of nitrogens with zero attached hydrogens (tertiary/aromatic N) is 3. The van der Waals surface area contributed by atoms with E-state index in [0.29, 0.717) is 11.3 Å². The van der Waals surface area contributed by atoms with Crippen molar-refractivity contribution >= 4 is 23.4 Å². The highest BCUT2D eigenvalue weighted by Gasteiger charge is 2.47. The highest BCUT2D eigenvalue weighted by Crippen LogP contribution is 2.31. The highest BCUT2D eigenvalue weighted by atomic mass is 35.5. The number of anilines is 1. The largest absolute Gasteiger partial charge is 0.416 e. The average molecular weight is 571 g/mol. The van der Waals surface area contributed by atoms with Gasteiger partial charge in [-0.2, -0.15) is 13.2 Å². The van der Waals surface area contributed by atoms with Crippen molar-refractivity contribution in [3.8, 4) is 17.1 Å². The molecular weight excluding hydrogens is 545 g/mol. The molecule has 1 saturated heterocycles. The zero-order chi connectivity index (χ0) is 28.3. The van der Waals surface area contributed by atoms with Gasteiger partial charge in [-0.3, -0.25) is 5.32 Å². The van der Waals surface area contributed by atoms with Crippen molar-refractivity contribution in [2.45, 2.75) is 43.8 Å². The molecule has 1 aliphatic heterocycles. The molecule has 3 aromatic rings. The first-order valence-corrected chi connectivity index (χ1v) is 12.0. The summed E-state index contributed by atoms with van der Waals surface area (Å²) in [6.07, 6.45) is -7.10. The number of amides is 1. The molecule has 1 fully saturated rings. The summed E-state index contributed by atoms with van der Waals surface area (Å²) in [4.78, 5) is 16.8. The first-order valence-electron chi connectivity index (χ1n) is 11.7. The number of nitrogens with one attached hydrogen (secondary N) is 1. The maximum absolute atomic E-state index is 12.8. The van der Waals surface area contributed by atoms with E-state index < -0.39 is 48.5 Å². The van der Waals surface area contributed by atoms with Crippen molar-refractivity contribution in [1.29, 1.82) is 0 Å². The molecule has 0 spiro atoms. The van der Waals surface area contributed by atoms with Crippen LogP contribution in [0.1, 0.15) is 12.5 Å². The lowest BCUT2D eigenvalue weighted by Crippen LogP contribution is -2.59. The van der Waals surface area contributed by atoms with Gasteiger partial charge in [-0.05, 0) is 37.3 Å². The molecule has 1 aliphatic rings. The number of rotatable bonds is 7. The molecule has 2 aromatic carbocycles. The summed E-state index contributed by atoms with van der Waals surface area (Å²) in [7, 11) is 4.47. The van der Waals surface area contributed by atoms with Crippen LogP contribution in [-0.4, -0.2) is 72.9 Å². The van der Waals surface area contributed by atoms with E-state index in [0.717, 1.165) is 12.1 Å². The van der Waals surface area contributed by atoms with Gasteiger partial charge in [0.05, 0.1) is 28.1 Å². The van der Waals surface area contributed by atoms with E-state index >= 15 is 0 Å². The molecular formula is C25H26ClF3N4O6. The fraction of sp³-hybridized carbons (Fsp3) is 0.400. The van der Waals surface area contributed by atoms with Gasteiger partial charge in [0.15, 0.2) is 5.82 Å². The van der Waals surface area contributed by atoms with Crippen molar-refractivity contribution in [2.75, 3.05) is 26.6 Å². The van der Waals surface area contributed by atoms with Crippen molar-refractivity contribution in [3.63, 3.8) is 0 Å². The Morgan fingerprint density at radius 2 is 1.69 bits per heavy atom. The summed E-state index contributed by atoms with van der Waals surface area (Å²) in [5.41, 5.74) is 0.403.